The van der Waals surface area contributed by atoms with Crippen LogP contribution in [0.4, 0.5) is 0 Å². The number of halogens is 1. The van der Waals surface area contributed by atoms with Gasteiger partial charge in [0.15, 0.2) is 9.84 Å². The summed E-state index contributed by atoms with van der Waals surface area (Å²) in [6, 6.07) is 3.43. The Kier molecular flexibility index (Phi) is 4.54. The molecule has 1 atom stereocenters. The van der Waals surface area contributed by atoms with Crippen LogP contribution in [0.2, 0.25) is 5.02 Å². The van der Waals surface area contributed by atoms with Crippen LogP contribution in [-0.4, -0.2) is 51.6 Å². The molecule has 0 saturated carbocycles. The van der Waals surface area contributed by atoms with E-state index in [4.69, 9.17) is 16.7 Å². The van der Waals surface area contributed by atoms with Gasteiger partial charge in [0.2, 0.25) is 10.0 Å². The molecule has 1 saturated heterocycles. The Bertz CT molecular complexity index is 818. The minimum absolute atomic E-state index is 0.0543. The normalized spacial score (nSPS) is 20.2. The Morgan fingerprint density at radius 1 is 1.32 bits per heavy atom. The molecule has 122 valence electrons. The van der Waals surface area contributed by atoms with Crippen molar-refractivity contribution in [3.8, 4) is 0 Å². The van der Waals surface area contributed by atoms with Crippen molar-refractivity contribution in [2.45, 2.75) is 16.2 Å². The number of carboxylic acids is 1. The zero-order chi connectivity index (χ0) is 16.7. The van der Waals surface area contributed by atoms with Gasteiger partial charge in [0.1, 0.15) is 4.90 Å². The van der Waals surface area contributed by atoms with Crippen LogP contribution in [-0.2, 0) is 24.7 Å². The molecule has 1 aromatic carbocycles. The van der Waals surface area contributed by atoms with Gasteiger partial charge in [0.25, 0.3) is 0 Å². The summed E-state index contributed by atoms with van der Waals surface area (Å²) < 4.78 is 49.2. The summed E-state index contributed by atoms with van der Waals surface area (Å²) in [6.07, 6.45) is 1.17. The van der Waals surface area contributed by atoms with E-state index >= 15 is 0 Å². The zero-order valence-electron chi connectivity index (χ0n) is 11.6. The molecular formula is C12H14ClNO6S2. The van der Waals surface area contributed by atoms with Crippen molar-refractivity contribution in [3.05, 3.63) is 23.2 Å². The first-order valence-electron chi connectivity index (χ1n) is 6.26. The van der Waals surface area contributed by atoms with Crippen molar-refractivity contribution in [2.24, 2.45) is 5.92 Å². The van der Waals surface area contributed by atoms with E-state index in [1.54, 1.807) is 0 Å². The molecule has 2 rings (SSSR count). The molecule has 1 aliphatic heterocycles. The highest BCUT2D eigenvalue weighted by Gasteiger charge is 2.37. The third-order valence-corrected chi connectivity index (χ3v) is 6.91. The van der Waals surface area contributed by atoms with Crippen molar-refractivity contribution in [1.82, 2.24) is 4.31 Å². The van der Waals surface area contributed by atoms with E-state index in [0.29, 0.717) is 0 Å². The van der Waals surface area contributed by atoms with Crippen LogP contribution in [0.25, 0.3) is 0 Å². The van der Waals surface area contributed by atoms with Crippen molar-refractivity contribution < 1.29 is 26.7 Å². The molecule has 1 fully saturated rings. The summed E-state index contributed by atoms with van der Waals surface area (Å²) >= 11 is 5.89. The van der Waals surface area contributed by atoms with Crippen LogP contribution in [0.1, 0.15) is 6.42 Å². The van der Waals surface area contributed by atoms with E-state index in [9.17, 15) is 21.6 Å². The summed E-state index contributed by atoms with van der Waals surface area (Å²) in [6.45, 7) is -0.101. The largest absolute Gasteiger partial charge is 0.481 e. The Hall–Kier alpha value is -1.16. The second-order valence-corrected chi connectivity index (χ2v) is 9.38. The molecule has 1 heterocycles. The molecule has 0 radical (unpaired) electrons. The smallest absolute Gasteiger partial charge is 0.307 e. The predicted molar refractivity (Wildman–Crippen MR) is 79.1 cm³/mol. The first-order chi connectivity index (χ1) is 10.0. The summed E-state index contributed by atoms with van der Waals surface area (Å²) in [5.74, 6) is -1.83. The zero-order valence-corrected chi connectivity index (χ0v) is 13.9. The molecular weight excluding hydrogens is 354 g/mol. The van der Waals surface area contributed by atoms with Gasteiger partial charge < -0.3 is 5.11 Å². The second kappa shape index (κ2) is 5.80. The number of sulfonamides is 1. The molecule has 7 nitrogen and oxygen atoms in total. The van der Waals surface area contributed by atoms with Crippen molar-refractivity contribution in [3.63, 3.8) is 0 Å². The van der Waals surface area contributed by atoms with Gasteiger partial charge in [0, 0.05) is 19.3 Å². The minimum atomic E-state index is -4.04. The number of nitrogens with zero attached hydrogens (tertiary/aromatic N) is 1. The van der Waals surface area contributed by atoms with Crippen molar-refractivity contribution in [2.75, 3.05) is 19.3 Å². The van der Waals surface area contributed by atoms with Gasteiger partial charge in [-0.05, 0) is 24.6 Å². The summed E-state index contributed by atoms with van der Waals surface area (Å²) in [5.41, 5.74) is 0. The first-order valence-corrected chi connectivity index (χ1v) is 9.97. The quantitative estimate of drug-likeness (QED) is 0.844. The number of benzene rings is 1. The van der Waals surface area contributed by atoms with Crippen LogP contribution in [0.3, 0.4) is 0 Å². The van der Waals surface area contributed by atoms with E-state index in [1.807, 2.05) is 0 Å². The molecule has 1 N–H and O–H groups in total. The van der Waals surface area contributed by atoms with Gasteiger partial charge in [-0.1, -0.05) is 11.6 Å². The number of hydrogen-bond acceptors (Lipinski definition) is 5. The summed E-state index contributed by atoms with van der Waals surface area (Å²) in [7, 11) is -7.63. The molecule has 0 spiro atoms. The fraction of sp³-hybridized carbons (Fsp3) is 0.417. The standard InChI is InChI=1S/C12H14ClNO6S2/c1-21(17,18)9-2-3-10(13)11(6-9)22(19,20)14-5-4-8(7-14)12(15)16/h2-3,6,8H,4-5,7H2,1H3,(H,15,16)/t8-/m1/s1. The molecule has 22 heavy (non-hydrogen) atoms. The Morgan fingerprint density at radius 3 is 2.45 bits per heavy atom. The molecule has 0 unspecified atom stereocenters. The van der Waals surface area contributed by atoms with Gasteiger partial charge in [-0.3, -0.25) is 4.79 Å². The second-order valence-electron chi connectivity index (χ2n) is 5.05. The maximum absolute atomic E-state index is 12.6. The fourth-order valence-electron chi connectivity index (χ4n) is 2.20. The summed E-state index contributed by atoms with van der Waals surface area (Å²) in [5, 5.41) is 8.84. The van der Waals surface area contributed by atoms with Gasteiger partial charge in [-0.2, -0.15) is 4.31 Å². The molecule has 0 amide bonds. The highest BCUT2D eigenvalue weighted by atomic mass is 35.5. The predicted octanol–water partition coefficient (Wildman–Crippen LogP) is 0.839. The van der Waals surface area contributed by atoms with E-state index in [-0.39, 0.29) is 34.3 Å². The highest BCUT2D eigenvalue weighted by molar-refractivity contribution is 7.91. The average Bonchev–Trinajstić information content (AvgIpc) is 2.87. The number of sulfone groups is 1. The molecule has 1 aromatic rings. The maximum Gasteiger partial charge on any atom is 0.307 e. The van der Waals surface area contributed by atoms with Crippen LogP contribution in [0.5, 0.6) is 0 Å². The Morgan fingerprint density at radius 2 is 1.95 bits per heavy atom. The van der Waals surface area contributed by atoms with Crippen LogP contribution in [0, 0.1) is 5.92 Å². The lowest BCUT2D eigenvalue weighted by atomic mass is 10.1. The number of aliphatic carboxylic acids is 1. The third kappa shape index (κ3) is 3.27. The van der Waals surface area contributed by atoms with Crippen LogP contribution in [0.15, 0.2) is 28.0 Å². The lowest BCUT2D eigenvalue weighted by molar-refractivity contribution is -0.141. The molecule has 0 aromatic heterocycles. The van der Waals surface area contributed by atoms with Crippen molar-refractivity contribution >= 4 is 37.4 Å². The monoisotopic (exact) mass is 367 g/mol. The van der Waals surface area contributed by atoms with Crippen LogP contribution < -0.4 is 0 Å². The number of carboxylic acid groups (broad SMARTS) is 1. The van der Waals surface area contributed by atoms with E-state index < -0.39 is 31.7 Å². The highest BCUT2D eigenvalue weighted by Crippen LogP contribution is 2.30. The number of rotatable bonds is 4. The molecule has 0 aliphatic carbocycles. The maximum atomic E-state index is 12.6. The van der Waals surface area contributed by atoms with Gasteiger partial charge in [-0.15, -0.1) is 0 Å². The minimum Gasteiger partial charge on any atom is -0.481 e. The van der Waals surface area contributed by atoms with Crippen LogP contribution >= 0.6 is 11.6 Å². The van der Waals surface area contributed by atoms with Gasteiger partial charge >= 0.3 is 5.97 Å². The number of carbonyl (C=O) groups is 1. The number of hydrogen-bond donors (Lipinski definition) is 1. The SMILES string of the molecule is CS(=O)(=O)c1ccc(Cl)c(S(=O)(=O)N2CC[C@@H](C(=O)O)C2)c1. The van der Waals surface area contributed by atoms with E-state index in [2.05, 4.69) is 0 Å². The summed E-state index contributed by atoms with van der Waals surface area (Å²) in [4.78, 5) is 10.4. The topological polar surface area (TPSA) is 109 Å². The fourth-order valence-corrected chi connectivity index (χ4v) is 4.92. The van der Waals surface area contributed by atoms with E-state index in [1.165, 1.54) is 12.1 Å². The van der Waals surface area contributed by atoms with Gasteiger partial charge in [0.05, 0.1) is 15.8 Å². The van der Waals surface area contributed by atoms with Gasteiger partial charge in [-0.25, -0.2) is 16.8 Å². The molecule has 1 aliphatic rings. The average molecular weight is 368 g/mol. The molecule has 10 heteroatoms. The van der Waals surface area contributed by atoms with Crippen molar-refractivity contribution in [1.29, 1.82) is 0 Å². The first kappa shape index (κ1) is 17.2. The molecule has 0 bridgehead atoms. The lowest BCUT2D eigenvalue weighted by Crippen LogP contribution is -2.30. The Balaban J connectivity index is 2.45. The third-order valence-electron chi connectivity index (χ3n) is 3.45. The Labute approximate surface area is 133 Å². The van der Waals surface area contributed by atoms with E-state index in [0.717, 1.165) is 16.6 Å². The lowest BCUT2D eigenvalue weighted by Gasteiger charge is -2.17.